The Morgan fingerprint density at radius 3 is 1.20 bits per heavy atom. The monoisotopic (exact) mass is 442 g/mol. The fourth-order valence-electron chi connectivity index (χ4n) is 3.42. The van der Waals surface area contributed by atoms with E-state index in [0.717, 1.165) is 45.5 Å². The Balaban J connectivity index is 4.83. The van der Waals surface area contributed by atoms with Crippen molar-refractivity contribution < 1.29 is 13.3 Å². The van der Waals surface area contributed by atoms with Crippen LogP contribution in [0.2, 0.25) is 0 Å². The van der Waals surface area contributed by atoms with Gasteiger partial charge in [-0.2, -0.15) is 0 Å². The van der Waals surface area contributed by atoms with Crippen LogP contribution in [-0.4, -0.2) is 28.6 Å². The van der Waals surface area contributed by atoms with Crippen LogP contribution in [0.3, 0.4) is 0 Å². The van der Waals surface area contributed by atoms with Crippen LogP contribution in [0.25, 0.3) is 0 Å². The van der Waals surface area contributed by atoms with Gasteiger partial charge in [-0.25, -0.2) is 0 Å². The second kappa shape index (κ2) is 23.5. The Kier molecular flexibility index (Phi) is 23.4. The fraction of sp³-hybridized carbons (Fsp3) is 0.923. The van der Waals surface area contributed by atoms with E-state index in [4.69, 9.17) is 13.3 Å². The number of allylic oxidation sites excluding steroid dienone is 1. The van der Waals surface area contributed by atoms with Crippen LogP contribution in [0.15, 0.2) is 11.8 Å². The molecule has 0 unspecified atom stereocenters. The molecule has 0 aliphatic rings. The molecule has 0 aromatic carbocycles. The first kappa shape index (κ1) is 29.8. The molecule has 0 bridgehead atoms. The number of unbranched alkanes of at least 4 members (excludes halogenated alkanes) is 13. The molecule has 0 aromatic rings. The van der Waals surface area contributed by atoms with Gasteiger partial charge in [0.25, 0.3) is 0 Å². The second-order valence-electron chi connectivity index (χ2n) is 8.58. The van der Waals surface area contributed by atoms with Gasteiger partial charge in [0, 0.05) is 19.8 Å². The molecule has 180 valence electrons. The summed E-state index contributed by atoms with van der Waals surface area (Å²) in [4.78, 5) is 0. The van der Waals surface area contributed by atoms with Crippen LogP contribution in [0.1, 0.15) is 137 Å². The predicted molar refractivity (Wildman–Crippen MR) is 134 cm³/mol. The first-order valence-electron chi connectivity index (χ1n) is 13.3. The van der Waals surface area contributed by atoms with E-state index in [-0.39, 0.29) is 0 Å². The van der Waals surface area contributed by atoms with Gasteiger partial charge < -0.3 is 13.3 Å². The molecule has 0 amide bonds. The molecule has 0 spiro atoms. The molecule has 0 saturated carbocycles. The lowest BCUT2D eigenvalue weighted by molar-refractivity contribution is 0.0673. The van der Waals surface area contributed by atoms with Crippen molar-refractivity contribution in [3.8, 4) is 0 Å². The molecule has 0 N–H and O–H groups in total. The molecule has 4 heteroatoms. The van der Waals surface area contributed by atoms with Crippen molar-refractivity contribution in [3.63, 3.8) is 0 Å². The van der Waals surface area contributed by atoms with E-state index in [1.54, 1.807) is 0 Å². The zero-order valence-corrected chi connectivity index (χ0v) is 22.0. The van der Waals surface area contributed by atoms with E-state index in [9.17, 15) is 0 Å². The quantitative estimate of drug-likeness (QED) is 0.110. The zero-order valence-electron chi connectivity index (χ0n) is 21.0. The van der Waals surface area contributed by atoms with Gasteiger partial charge in [0.1, 0.15) is 0 Å². The largest absolute Gasteiger partial charge is 0.529 e. The molecule has 30 heavy (non-hydrogen) atoms. The highest BCUT2D eigenvalue weighted by Gasteiger charge is 2.38. The van der Waals surface area contributed by atoms with Gasteiger partial charge in [0.2, 0.25) is 0 Å². The van der Waals surface area contributed by atoms with Gasteiger partial charge >= 0.3 is 8.80 Å². The van der Waals surface area contributed by atoms with Crippen molar-refractivity contribution in [2.45, 2.75) is 137 Å². The summed E-state index contributed by atoms with van der Waals surface area (Å²) in [5.41, 5.74) is 2.21. The smallest absolute Gasteiger partial charge is 0.370 e. The molecule has 0 saturated heterocycles. The highest BCUT2D eigenvalue weighted by Crippen LogP contribution is 2.17. The van der Waals surface area contributed by atoms with E-state index in [0.29, 0.717) is 0 Å². The van der Waals surface area contributed by atoms with Gasteiger partial charge in [-0.05, 0) is 37.8 Å². The summed E-state index contributed by atoms with van der Waals surface area (Å²) in [6, 6.07) is 0. The van der Waals surface area contributed by atoms with Gasteiger partial charge in [-0.3, -0.25) is 0 Å². The average Bonchev–Trinajstić information content (AvgIpc) is 2.75. The molecule has 0 aliphatic heterocycles. The lowest BCUT2D eigenvalue weighted by Crippen LogP contribution is -2.45. The third-order valence-corrected chi connectivity index (χ3v) is 7.91. The van der Waals surface area contributed by atoms with Gasteiger partial charge in [-0.1, -0.05) is 111 Å². The third-order valence-electron chi connectivity index (χ3n) is 5.45. The summed E-state index contributed by atoms with van der Waals surface area (Å²) in [7, 11) is -2.73. The van der Waals surface area contributed by atoms with E-state index < -0.39 is 8.80 Å². The zero-order chi connectivity index (χ0) is 22.2. The molecule has 0 radical (unpaired) electrons. The summed E-state index contributed by atoms with van der Waals surface area (Å²) in [6.45, 7) is 11.3. The Morgan fingerprint density at radius 1 is 0.467 bits per heavy atom. The lowest BCUT2D eigenvalue weighted by Gasteiger charge is -2.27. The summed E-state index contributed by atoms with van der Waals surface area (Å²) in [6.07, 6.45) is 23.1. The highest BCUT2D eigenvalue weighted by molar-refractivity contribution is 6.66. The summed E-state index contributed by atoms with van der Waals surface area (Å²) >= 11 is 0. The number of hydrogen-bond donors (Lipinski definition) is 0. The first-order chi connectivity index (χ1) is 14.7. The van der Waals surface area contributed by atoms with Crippen molar-refractivity contribution in [1.82, 2.24) is 0 Å². The van der Waals surface area contributed by atoms with Gasteiger partial charge in [-0.15, -0.1) is 0 Å². The van der Waals surface area contributed by atoms with Crippen molar-refractivity contribution >= 4 is 8.80 Å². The molecule has 0 aromatic heterocycles. The topological polar surface area (TPSA) is 27.7 Å². The summed E-state index contributed by atoms with van der Waals surface area (Å²) in [5, 5.41) is 0. The third kappa shape index (κ3) is 18.6. The average molecular weight is 443 g/mol. The van der Waals surface area contributed by atoms with Gasteiger partial charge in [0.15, 0.2) is 0 Å². The SMILES string of the molecule is CCCCCCC=C[Si](OCCCCCC)(OCCCCCC)OCCCCCC. The van der Waals surface area contributed by atoms with Crippen LogP contribution < -0.4 is 0 Å². The Labute approximate surface area is 190 Å². The van der Waals surface area contributed by atoms with Gasteiger partial charge in [0.05, 0.1) is 0 Å². The standard InChI is InChI=1S/C26H54O3Si/c1-5-9-13-17-18-22-26-30(27-23-19-14-10-6-2,28-24-20-15-11-7-3)29-25-21-16-12-8-4/h22,26H,5-21,23-25H2,1-4H3. The van der Waals surface area contributed by atoms with E-state index in [1.165, 1.54) is 83.5 Å². The van der Waals surface area contributed by atoms with Crippen molar-refractivity contribution in [2.24, 2.45) is 0 Å². The van der Waals surface area contributed by atoms with Crippen LogP contribution in [0, 0.1) is 0 Å². The Hall–Kier alpha value is -0.163. The first-order valence-corrected chi connectivity index (χ1v) is 15.1. The highest BCUT2D eigenvalue weighted by atomic mass is 28.4. The van der Waals surface area contributed by atoms with Crippen LogP contribution >= 0.6 is 0 Å². The Morgan fingerprint density at radius 2 is 0.833 bits per heavy atom. The van der Waals surface area contributed by atoms with Crippen molar-refractivity contribution in [1.29, 1.82) is 0 Å². The molecular weight excluding hydrogens is 388 g/mol. The summed E-state index contributed by atoms with van der Waals surface area (Å²) in [5.74, 6) is 0. The van der Waals surface area contributed by atoms with Crippen LogP contribution in [-0.2, 0) is 13.3 Å². The maximum Gasteiger partial charge on any atom is 0.529 e. The maximum absolute atomic E-state index is 6.42. The molecule has 3 nitrogen and oxygen atoms in total. The minimum atomic E-state index is -2.73. The Bertz CT molecular complexity index is 324. The van der Waals surface area contributed by atoms with E-state index in [2.05, 4.69) is 39.5 Å². The molecule has 0 aliphatic carbocycles. The lowest BCUT2D eigenvalue weighted by atomic mass is 10.2. The number of rotatable bonds is 24. The number of hydrogen-bond acceptors (Lipinski definition) is 3. The van der Waals surface area contributed by atoms with Crippen molar-refractivity contribution in [2.75, 3.05) is 19.8 Å². The minimum absolute atomic E-state index is 0.760. The van der Waals surface area contributed by atoms with Crippen LogP contribution in [0.5, 0.6) is 0 Å². The molecule has 0 atom stereocenters. The molecular formula is C26H54O3Si. The normalized spacial score (nSPS) is 12.3. The molecule has 0 heterocycles. The van der Waals surface area contributed by atoms with Crippen molar-refractivity contribution in [3.05, 3.63) is 11.8 Å². The predicted octanol–water partition coefficient (Wildman–Crippen LogP) is 8.78. The second-order valence-corrected chi connectivity index (χ2v) is 11.0. The maximum atomic E-state index is 6.42. The fourth-order valence-corrected chi connectivity index (χ4v) is 5.70. The summed E-state index contributed by atoms with van der Waals surface area (Å²) < 4.78 is 19.3. The van der Waals surface area contributed by atoms with E-state index in [1.807, 2.05) is 0 Å². The molecule has 0 rings (SSSR count). The van der Waals surface area contributed by atoms with E-state index >= 15 is 0 Å². The van der Waals surface area contributed by atoms with Crippen LogP contribution in [0.4, 0.5) is 0 Å². The minimum Gasteiger partial charge on any atom is -0.370 e. The molecule has 0 fully saturated rings.